The van der Waals surface area contributed by atoms with E-state index in [-0.39, 0.29) is 24.3 Å². The van der Waals surface area contributed by atoms with Crippen LogP contribution >= 0.6 is 0 Å². The summed E-state index contributed by atoms with van der Waals surface area (Å²) in [6, 6.07) is 0. The number of hydroxylamine groups is 2. The van der Waals surface area contributed by atoms with Crippen molar-refractivity contribution in [3.63, 3.8) is 0 Å². The van der Waals surface area contributed by atoms with E-state index in [4.69, 9.17) is 5.73 Å². The van der Waals surface area contributed by atoms with Crippen LogP contribution in [0.25, 0.3) is 0 Å². The monoisotopic (exact) mass is 302 g/mol. The molecule has 0 aliphatic carbocycles. The lowest BCUT2D eigenvalue weighted by molar-refractivity contribution is -0.207. The van der Waals surface area contributed by atoms with Gasteiger partial charge in [-0.05, 0) is 38.6 Å². The molecule has 0 fully saturated rings. The quantitative estimate of drug-likeness (QED) is 0.229. The van der Waals surface area contributed by atoms with Crippen LogP contribution in [0.4, 0.5) is 0 Å². The maximum absolute atomic E-state index is 12.3. The average Bonchev–Trinajstić information content (AvgIpc) is 2.43. The van der Waals surface area contributed by atoms with Crippen molar-refractivity contribution in [1.82, 2.24) is 5.06 Å². The molecule has 21 heavy (non-hydrogen) atoms. The predicted molar refractivity (Wildman–Crippen MR) is 76.7 cm³/mol. The molecule has 7 heteroatoms. The van der Waals surface area contributed by atoms with Gasteiger partial charge in [-0.3, -0.25) is 14.8 Å². The lowest BCUT2D eigenvalue weighted by Gasteiger charge is -2.35. The Morgan fingerprint density at radius 2 is 1.67 bits per heavy atom. The topological polar surface area (TPSA) is 121 Å². The van der Waals surface area contributed by atoms with Gasteiger partial charge in [-0.1, -0.05) is 13.8 Å². The Kier molecular flexibility index (Phi) is 8.80. The molecule has 1 atom stereocenters. The first kappa shape index (κ1) is 19.5. The maximum Gasteiger partial charge on any atom is 0.340 e. The predicted octanol–water partition coefficient (Wildman–Crippen LogP) is 1.33. The molecule has 1 amide bonds. The molecule has 7 nitrogen and oxygen atoms in total. The van der Waals surface area contributed by atoms with Crippen LogP contribution in [0.3, 0.4) is 0 Å². The van der Waals surface area contributed by atoms with Gasteiger partial charge in [-0.15, -0.1) is 0 Å². The van der Waals surface area contributed by atoms with Gasteiger partial charge in [0.15, 0.2) is 5.78 Å². The highest BCUT2D eigenvalue weighted by atomic mass is 16.5. The van der Waals surface area contributed by atoms with Gasteiger partial charge >= 0.3 is 5.97 Å². The number of carbonyl (C=O) groups excluding carboxylic acids is 2. The van der Waals surface area contributed by atoms with Gasteiger partial charge in [-0.2, -0.15) is 5.06 Å². The molecule has 0 bridgehead atoms. The number of nitrogens with two attached hydrogens (primary N) is 1. The Hall–Kier alpha value is -1.47. The second kappa shape index (κ2) is 9.46. The van der Waals surface area contributed by atoms with Crippen LogP contribution in [0, 0.1) is 0 Å². The Bertz CT molecular complexity index is 372. The highest BCUT2D eigenvalue weighted by molar-refractivity contribution is 6.09. The first-order valence-electron chi connectivity index (χ1n) is 7.37. The summed E-state index contributed by atoms with van der Waals surface area (Å²) in [4.78, 5) is 35.8. The molecule has 0 saturated carbocycles. The SMILES string of the molecule is CCCC(=O)N(O)[C@@](CCCCN)(C(=O)O)C(=O)CCC. The van der Waals surface area contributed by atoms with Crippen LogP contribution in [0.2, 0.25) is 0 Å². The minimum absolute atomic E-state index is 0.00854. The summed E-state index contributed by atoms with van der Waals surface area (Å²) >= 11 is 0. The van der Waals surface area contributed by atoms with Crippen molar-refractivity contribution in [2.45, 2.75) is 64.3 Å². The molecule has 0 saturated heterocycles. The summed E-state index contributed by atoms with van der Waals surface area (Å²) in [5.41, 5.74) is 3.18. The second-order valence-corrected chi connectivity index (χ2v) is 5.04. The molecule has 0 heterocycles. The first-order valence-corrected chi connectivity index (χ1v) is 7.37. The number of unbranched alkanes of at least 4 members (excludes halogenated alkanes) is 1. The van der Waals surface area contributed by atoms with E-state index >= 15 is 0 Å². The van der Waals surface area contributed by atoms with Crippen molar-refractivity contribution in [2.75, 3.05) is 6.54 Å². The molecule has 4 N–H and O–H groups in total. The number of Topliss-reactive ketones (excluding diaryl/α,β-unsaturated/α-hetero) is 1. The minimum atomic E-state index is -2.20. The number of hydrogen-bond acceptors (Lipinski definition) is 5. The Morgan fingerprint density at radius 1 is 1.10 bits per heavy atom. The zero-order chi connectivity index (χ0) is 16.5. The smallest absolute Gasteiger partial charge is 0.340 e. The summed E-state index contributed by atoms with van der Waals surface area (Å²) in [6.07, 6.45) is 1.60. The molecule has 0 aromatic heterocycles. The molecule has 0 aromatic carbocycles. The van der Waals surface area contributed by atoms with Crippen molar-refractivity contribution in [1.29, 1.82) is 0 Å². The fourth-order valence-electron chi connectivity index (χ4n) is 2.17. The van der Waals surface area contributed by atoms with Crippen LogP contribution < -0.4 is 5.73 Å². The van der Waals surface area contributed by atoms with Gasteiger partial charge in [0, 0.05) is 12.8 Å². The molecule has 0 aliphatic heterocycles. The summed E-state index contributed by atoms with van der Waals surface area (Å²) in [5.74, 6) is -2.90. The number of rotatable bonds is 11. The van der Waals surface area contributed by atoms with Crippen LogP contribution in [0.15, 0.2) is 0 Å². The van der Waals surface area contributed by atoms with Crippen molar-refractivity contribution < 1.29 is 24.7 Å². The Labute approximate surface area is 125 Å². The van der Waals surface area contributed by atoms with E-state index in [1.54, 1.807) is 13.8 Å². The molecule has 0 radical (unpaired) electrons. The van der Waals surface area contributed by atoms with E-state index < -0.39 is 23.2 Å². The van der Waals surface area contributed by atoms with E-state index in [1.807, 2.05) is 0 Å². The Morgan fingerprint density at radius 3 is 2.10 bits per heavy atom. The second-order valence-electron chi connectivity index (χ2n) is 5.04. The number of carboxylic acids is 1. The van der Waals surface area contributed by atoms with Crippen molar-refractivity contribution in [2.24, 2.45) is 5.73 Å². The number of hydrogen-bond donors (Lipinski definition) is 3. The lowest BCUT2D eigenvalue weighted by atomic mass is 9.85. The molecule has 0 spiro atoms. The van der Waals surface area contributed by atoms with Crippen molar-refractivity contribution in [3.05, 3.63) is 0 Å². The Balaban J connectivity index is 5.49. The van der Waals surface area contributed by atoms with Gasteiger partial charge in [0.25, 0.3) is 0 Å². The number of carboxylic acid groups (broad SMARTS) is 1. The summed E-state index contributed by atoms with van der Waals surface area (Å²) in [7, 11) is 0. The number of aliphatic carboxylic acids is 1. The van der Waals surface area contributed by atoms with E-state index in [0.29, 0.717) is 32.2 Å². The van der Waals surface area contributed by atoms with E-state index in [2.05, 4.69) is 0 Å². The normalized spacial score (nSPS) is 13.5. The van der Waals surface area contributed by atoms with E-state index in [9.17, 15) is 24.7 Å². The zero-order valence-corrected chi connectivity index (χ0v) is 12.8. The number of carbonyl (C=O) groups is 3. The average molecular weight is 302 g/mol. The lowest BCUT2D eigenvalue weighted by Crippen LogP contribution is -2.61. The van der Waals surface area contributed by atoms with Crippen LogP contribution in [0.1, 0.15) is 58.8 Å². The minimum Gasteiger partial charge on any atom is -0.479 e. The zero-order valence-electron chi connectivity index (χ0n) is 12.8. The largest absolute Gasteiger partial charge is 0.479 e. The fraction of sp³-hybridized carbons (Fsp3) is 0.786. The molecule has 122 valence electrons. The summed E-state index contributed by atoms with van der Waals surface area (Å²) in [6.45, 7) is 3.82. The third kappa shape index (κ3) is 4.78. The van der Waals surface area contributed by atoms with Crippen LogP contribution in [-0.2, 0) is 14.4 Å². The standard InChI is InChI=1S/C14H26N2O5/c1-3-7-11(17)14(13(19)20,9-5-6-10-15)16(21)12(18)8-4-2/h21H,3-10,15H2,1-2H3,(H,19,20)/t14-/m1/s1. The number of amides is 1. The van der Waals surface area contributed by atoms with Crippen molar-refractivity contribution >= 4 is 17.7 Å². The molecular weight excluding hydrogens is 276 g/mol. The summed E-state index contributed by atoms with van der Waals surface area (Å²) < 4.78 is 0. The van der Waals surface area contributed by atoms with Crippen LogP contribution in [0.5, 0.6) is 0 Å². The molecule has 0 aliphatic rings. The molecule has 0 unspecified atom stereocenters. The summed E-state index contributed by atoms with van der Waals surface area (Å²) in [5, 5.41) is 19.7. The number of ketones is 1. The highest BCUT2D eigenvalue weighted by Gasteiger charge is 2.51. The third-order valence-corrected chi connectivity index (χ3v) is 3.35. The highest BCUT2D eigenvalue weighted by Crippen LogP contribution is 2.26. The van der Waals surface area contributed by atoms with Gasteiger partial charge < -0.3 is 10.8 Å². The van der Waals surface area contributed by atoms with Gasteiger partial charge in [0.1, 0.15) is 0 Å². The van der Waals surface area contributed by atoms with Gasteiger partial charge in [0.05, 0.1) is 0 Å². The first-order chi connectivity index (χ1) is 9.88. The molecule has 0 aromatic rings. The van der Waals surface area contributed by atoms with Gasteiger partial charge in [0.2, 0.25) is 11.4 Å². The fourth-order valence-corrected chi connectivity index (χ4v) is 2.17. The maximum atomic E-state index is 12.3. The third-order valence-electron chi connectivity index (χ3n) is 3.35. The van der Waals surface area contributed by atoms with E-state index in [1.165, 1.54) is 0 Å². The molecular formula is C14H26N2O5. The van der Waals surface area contributed by atoms with Crippen LogP contribution in [-0.4, -0.2) is 45.1 Å². The number of nitrogens with zero attached hydrogens (tertiary/aromatic N) is 1. The van der Waals surface area contributed by atoms with E-state index in [0.717, 1.165) is 0 Å². The van der Waals surface area contributed by atoms with Gasteiger partial charge in [-0.25, -0.2) is 4.79 Å². The van der Waals surface area contributed by atoms with Crippen molar-refractivity contribution in [3.8, 4) is 0 Å². The molecule has 0 rings (SSSR count).